The molecule has 1 atom stereocenters. The van der Waals surface area contributed by atoms with Gasteiger partial charge in [0.2, 0.25) is 5.91 Å². The molecule has 1 N–H and O–H groups in total. The molecule has 0 saturated carbocycles. The highest BCUT2D eigenvalue weighted by atomic mass is 19.1. The minimum absolute atomic E-state index is 0.326. The third kappa shape index (κ3) is 4.00. The van der Waals surface area contributed by atoms with Gasteiger partial charge in [-0.25, -0.2) is 9.07 Å². The van der Waals surface area contributed by atoms with Gasteiger partial charge in [0, 0.05) is 30.6 Å². The van der Waals surface area contributed by atoms with Crippen molar-refractivity contribution in [1.82, 2.24) is 20.1 Å². The van der Waals surface area contributed by atoms with E-state index >= 15 is 0 Å². The molecule has 1 aromatic carbocycles. The SMILES string of the molecule is C[C@@H](C(=O)NCc1ccncc1)n1nc(-c2ccc(F)cc2)ccc1=O. The molecular weight excluding hydrogens is 335 g/mol. The zero-order valence-electron chi connectivity index (χ0n) is 14.1. The third-order valence-corrected chi connectivity index (χ3v) is 3.93. The number of aromatic nitrogens is 3. The highest BCUT2D eigenvalue weighted by Gasteiger charge is 2.17. The van der Waals surface area contributed by atoms with Crippen LogP contribution in [0.15, 0.2) is 65.7 Å². The quantitative estimate of drug-likeness (QED) is 0.764. The summed E-state index contributed by atoms with van der Waals surface area (Å²) in [5.74, 6) is -0.682. The standard InChI is InChI=1S/C19H17FN4O2/c1-13(19(26)22-12-14-8-10-21-11-9-14)24-18(25)7-6-17(23-24)15-2-4-16(20)5-3-15/h2-11,13H,12H2,1H3,(H,22,26)/t13-/m0/s1. The summed E-state index contributed by atoms with van der Waals surface area (Å²) in [6.07, 6.45) is 3.28. The summed E-state index contributed by atoms with van der Waals surface area (Å²) < 4.78 is 14.2. The first-order chi connectivity index (χ1) is 12.5. The number of pyridine rings is 1. The average molecular weight is 352 g/mol. The van der Waals surface area contributed by atoms with E-state index in [9.17, 15) is 14.0 Å². The predicted octanol–water partition coefficient (Wildman–Crippen LogP) is 2.32. The number of hydrogen-bond acceptors (Lipinski definition) is 4. The second-order valence-corrected chi connectivity index (χ2v) is 5.76. The summed E-state index contributed by atoms with van der Waals surface area (Å²) in [4.78, 5) is 28.4. The number of benzene rings is 1. The third-order valence-electron chi connectivity index (χ3n) is 3.93. The lowest BCUT2D eigenvalue weighted by atomic mass is 10.1. The van der Waals surface area contributed by atoms with Gasteiger partial charge in [-0.3, -0.25) is 14.6 Å². The molecule has 26 heavy (non-hydrogen) atoms. The smallest absolute Gasteiger partial charge is 0.267 e. The van der Waals surface area contributed by atoms with Gasteiger partial charge in [0.15, 0.2) is 0 Å². The molecule has 0 saturated heterocycles. The van der Waals surface area contributed by atoms with E-state index in [-0.39, 0.29) is 17.3 Å². The van der Waals surface area contributed by atoms with Gasteiger partial charge in [0.25, 0.3) is 5.56 Å². The molecule has 0 fully saturated rings. The van der Waals surface area contributed by atoms with Crippen LogP contribution in [-0.4, -0.2) is 20.7 Å². The van der Waals surface area contributed by atoms with Crippen molar-refractivity contribution in [2.24, 2.45) is 0 Å². The van der Waals surface area contributed by atoms with Crippen LogP contribution in [-0.2, 0) is 11.3 Å². The Hall–Kier alpha value is -3.35. The van der Waals surface area contributed by atoms with E-state index in [2.05, 4.69) is 15.4 Å². The molecule has 2 heterocycles. The molecule has 0 aliphatic carbocycles. The molecule has 3 aromatic rings. The molecule has 0 bridgehead atoms. The summed E-state index contributed by atoms with van der Waals surface area (Å²) in [5, 5.41) is 7.03. The van der Waals surface area contributed by atoms with Crippen molar-refractivity contribution in [1.29, 1.82) is 0 Å². The van der Waals surface area contributed by atoms with Gasteiger partial charge in [-0.1, -0.05) is 0 Å². The van der Waals surface area contributed by atoms with Crippen LogP contribution in [0.2, 0.25) is 0 Å². The van der Waals surface area contributed by atoms with Crippen molar-refractivity contribution >= 4 is 5.91 Å². The second-order valence-electron chi connectivity index (χ2n) is 5.76. The summed E-state index contributed by atoms with van der Waals surface area (Å²) in [6.45, 7) is 1.93. The Bertz CT molecular complexity index is 955. The summed E-state index contributed by atoms with van der Waals surface area (Å²) in [7, 11) is 0. The second kappa shape index (κ2) is 7.69. The highest BCUT2D eigenvalue weighted by molar-refractivity contribution is 5.79. The molecule has 0 unspecified atom stereocenters. The zero-order valence-corrected chi connectivity index (χ0v) is 14.1. The lowest BCUT2D eigenvalue weighted by Crippen LogP contribution is -2.36. The Morgan fingerprint density at radius 3 is 2.50 bits per heavy atom. The first-order valence-electron chi connectivity index (χ1n) is 8.07. The van der Waals surface area contributed by atoms with E-state index in [0.29, 0.717) is 17.8 Å². The maximum Gasteiger partial charge on any atom is 0.267 e. The van der Waals surface area contributed by atoms with E-state index in [4.69, 9.17) is 0 Å². The molecule has 7 heteroatoms. The topological polar surface area (TPSA) is 76.9 Å². The number of halogens is 1. The van der Waals surface area contributed by atoms with E-state index < -0.39 is 6.04 Å². The predicted molar refractivity (Wildman–Crippen MR) is 94.7 cm³/mol. The van der Waals surface area contributed by atoms with E-state index in [1.54, 1.807) is 49.6 Å². The highest BCUT2D eigenvalue weighted by Crippen LogP contribution is 2.16. The van der Waals surface area contributed by atoms with Crippen LogP contribution in [0.25, 0.3) is 11.3 Å². The number of nitrogens with zero attached hydrogens (tertiary/aromatic N) is 3. The van der Waals surface area contributed by atoms with Crippen molar-refractivity contribution in [2.75, 3.05) is 0 Å². The Kier molecular flexibility index (Phi) is 5.17. The minimum atomic E-state index is -0.787. The fourth-order valence-corrected chi connectivity index (χ4v) is 2.43. The van der Waals surface area contributed by atoms with Gasteiger partial charge < -0.3 is 5.32 Å². The first kappa shape index (κ1) is 17.5. The number of carbonyl (C=O) groups is 1. The number of carbonyl (C=O) groups excluding carboxylic acids is 1. The molecule has 1 amide bonds. The van der Waals surface area contributed by atoms with Crippen molar-refractivity contribution in [3.05, 3.63) is 82.7 Å². The number of rotatable bonds is 5. The molecule has 0 aliphatic heterocycles. The lowest BCUT2D eigenvalue weighted by molar-refractivity contribution is -0.124. The van der Waals surface area contributed by atoms with Gasteiger partial charge in [0.05, 0.1) is 5.69 Å². The van der Waals surface area contributed by atoms with Crippen molar-refractivity contribution in [3.8, 4) is 11.3 Å². The maximum atomic E-state index is 13.1. The molecule has 2 aromatic heterocycles. The van der Waals surface area contributed by atoms with Crippen LogP contribution in [0.1, 0.15) is 18.5 Å². The Morgan fingerprint density at radius 1 is 1.12 bits per heavy atom. The van der Waals surface area contributed by atoms with E-state index in [1.807, 2.05) is 0 Å². The molecule has 3 rings (SSSR count). The Balaban J connectivity index is 1.78. The molecule has 0 radical (unpaired) electrons. The van der Waals surface area contributed by atoms with Crippen LogP contribution in [0.5, 0.6) is 0 Å². The molecule has 0 spiro atoms. The largest absolute Gasteiger partial charge is 0.350 e. The minimum Gasteiger partial charge on any atom is -0.350 e. The summed E-state index contributed by atoms with van der Waals surface area (Å²) >= 11 is 0. The van der Waals surface area contributed by atoms with Gasteiger partial charge in [-0.05, 0) is 55.0 Å². The summed E-state index contributed by atoms with van der Waals surface area (Å²) in [6, 6.07) is 11.5. The Labute approximate surface area is 149 Å². The molecule has 6 nitrogen and oxygen atoms in total. The van der Waals surface area contributed by atoms with Gasteiger partial charge >= 0.3 is 0 Å². The monoisotopic (exact) mass is 352 g/mol. The number of hydrogen-bond donors (Lipinski definition) is 1. The molecule has 0 aliphatic rings. The van der Waals surface area contributed by atoms with Crippen molar-refractivity contribution < 1.29 is 9.18 Å². The number of nitrogens with one attached hydrogen (secondary N) is 1. The van der Waals surface area contributed by atoms with Crippen molar-refractivity contribution in [2.45, 2.75) is 19.5 Å². The van der Waals surface area contributed by atoms with Crippen LogP contribution >= 0.6 is 0 Å². The Morgan fingerprint density at radius 2 is 1.81 bits per heavy atom. The maximum absolute atomic E-state index is 13.1. The lowest BCUT2D eigenvalue weighted by Gasteiger charge is -2.15. The van der Waals surface area contributed by atoms with E-state index in [0.717, 1.165) is 10.2 Å². The van der Waals surface area contributed by atoms with Gasteiger partial charge in [-0.15, -0.1) is 0 Å². The van der Waals surface area contributed by atoms with Crippen LogP contribution < -0.4 is 10.9 Å². The fourth-order valence-electron chi connectivity index (χ4n) is 2.43. The van der Waals surface area contributed by atoms with E-state index in [1.165, 1.54) is 18.2 Å². The molecule has 132 valence electrons. The molecular formula is C19H17FN4O2. The van der Waals surface area contributed by atoms with Gasteiger partial charge in [0.1, 0.15) is 11.9 Å². The fraction of sp³-hybridized carbons (Fsp3) is 0.158. The van der Waals surface area contributed by atoms with Crippen LogP contribution in [0, 0.1) is 5.82 Å². The van der Waals surface area contributed by atoms with Crippen LogP contribution in [0.4, 0.5) is 4.39 Å². The normalized spacial score (nSPS) is 11.8. The number of amides is 1. The first-order valence-corrected chi connectivity index (χ1v) is 8.07. The summed E-state index contributed by atoms with van der Waals surface area (Å²) in [5.41, 5.74) is 1.66. The average Bonchev–Trinajstić information content (AvgIpc) is 2.67. The van der Waals surface area contributed by atoms with Gasteiger partial charge in [-0.2, -0.15) is 5.10 Å². The van der Waals surface area contributed by atoms with Crippen molar-refractivity contribution in [3.63, 3.8) is 0 Å². The zero-order chi connectivity index (χ0) is 18.5. The van der Waals surface area contributed by atoms with Crippen LogP contribution in [0.3, 0.4) is 0 Å².